The summed E-state index contributed by atoms with van der Waals surface area (Å²) >= 11 is 0. The third-order valence-corrected chi connectivity index (χ3v) is 3.10. The van der Waals surface area contributed by atoms with E-state index in [1.807, 2.05) is 18.2 Å². The lowest BCUT2D eigenvalue weighted by molar-refractivity contribution is 0.865. The molecule has 0 aliphatic rings. The van der Waals surface area contributed by atoms with Crippen molar-refractivity contribution in [3.63, 3.8) is 0 Å². The van der Waals surface area contributed by atoms with E-state index in [1.165, 1.54) is 16.7 Å². The molecule has 0 fully saturated rings. The van der Waals surface area contributed by atoms with E-state index in [-0.39, 0.29) is 0 Å². The maximum absolute atomic E-state index is 5.95. The van der Waals surface area contributed by atoms with Crippen molar-refractivity contribution in [1.29, 1.82) is 0 Å². The van der Waals surface area contributed by atoms with E-state index >= 15 is 0 Å². The van der Waals surface area contributed by atoms with Gasteiger partial charge in [0.05, 0.1) is 0 Å². The van der Waals surface area contributed by atoms with Gasteiger partial charge in [0.2, 0.25) is 0 Å². The first-order chi connectivity index (χ1) is 8.16. The van der Waals surface area contributed by atoms with Crippen LogP contribution >= 0.6 is 0 Å². The van der Waals surface area contributed by atoms with Gasteiger partial charge in [-0.05, 0) is 35.1 Å². The van der Waals surface area contributed by atoms with Crippen LogP contribution in [0.3, 0.4) is 0 Å². The molecule has 0 bridgehead atoms. The van der Waals surface area contributed by atoms with Gasteiger partial charge >= 0.3 is 0 Å². The van der Waals surface area contributed by atoms with Crippen LogP contribution < -0.4 is 5.73 Å². The standard InChI is InChI=1S/C16H19N/c1-12(2)14-9-7-13(8-10-14)11-15-5-3-4-6-16(15)17/h3-10,12H,11,17H2,1-2H3. The number of hydrogen-bond donors (Lipinski definition) is 1. The van der Waals surface area contributed by atoms with Gasteiger partial charge in [-0.25, -0.2) is 0 Å². The van der Waals surface area contributed by atoms with E-state index in [9.17, 15) is 0 Å². The Morgan fingerprint density at radius 1 is 0.941 bits per heavy atom. The Hall–Kier alpha value is -1.76. The second-order valence-electron chi connectivity index (χ2n) is 4.77. The van der Waals surface area contributed by atoms with Crippen molar-refractivity contribution in [2.24, 2.45) is 0 Å². The average molecular weight is 225 g/mol. The fourth-order valence-electron chi connectivity index (χ4n) is 1.94. The summed E-state index contributed by atoms with van der Waals surface area (Å²) in [5.74, 6) is 0.589. The maximum Gasteiger partial charge on any atom is 0.0349 e. The Bertz CT molecular complexity index is 483. The predicted octanol–water partition coefficient (Wildman–Crippen LogP) is 3.98. The molecule has 0 aliphatic heterocycles. The summed E-state index contributed by atoms with van der Waals surface area (Å²) in [4.78, 5) is 0. The molecule has 88 valence electrons. The predicted molar refractivity (Wildman–Crippen MR) is 74.2 cm³/mol. The average Bonchev–Trinajstić information content (AvgIpc) is 2.33. The Morgan fingerprint density at radius 3 is 2.18 bits per heavy atom. The van der Waals surface area contributed by atoms with E-state index in [1.54, 1.807) is 0 Å². The van der Waals surface area contributed by atoms with Crippen LogP contribution in [0.25, 0.3) is 0 Å². The van der Waals surface area contributed by atoms with E-state index in [0.717, 1.165) is 12.1 Å². The lowest BCUT2D eigenvalue weighted by Gasteiger charge is -2.08. The zero-order valence-corrected chi connectivity index (χ0v) is 10.5. The van der Waals surface area contributed by atoms with E-state index in [0.29, 0.717) is 5.92 Å². The Balaban J connectivity index is 2.17. The molecule has 0 radical (unpaired) electrons. The van der Waals surface area contributed by atoms with Gasteiger partial charge in [0.1, 0.15) is 0 Å². The topological polar surface area (TPSA) is 26.0 Å². The molecule has 0 aliphatic carbocycles. The zero-order valence-electron chi connectivity index (χ0n) is 10.5. The fraction of sp³-hybridized carbons (Fsp3) is 0.250. The van der Waals surface area contributed by atoms with Gasteiger partial charge in [-0.15, -0.1) is 0 Å². The van der Waals surface area contributed by atoms with Crippen molar-refractivity contribution < 1.29 is 0 Å². The molecular weight excluding hydrogens is 206 g/mol. The highest BCUT2D eigenvalue weighted by Crippen LogP contribution is 2.19. The van der Waals surface area contributed by atoms with Crippen LogP contribution in [0.15, 0.2) is 48.5 Å². The van der Waals surface area contributed by atoms with Gasteiger partial charge in [-0.1, -0.05) is 56.3 Å². The molecule has 0 amide bonds. The molecule has 0 aromatic heterocycles. The summed E-state index contributed by atoms with van der Waals surface area (Å²) in [5, 5.41) is 0. The number of benzene rings is 2. The summed E-state index contributed by atoms with van der Waals surface area (Å²) in [6.07, 6.45) is 0.908. The molecular formula is C16H19N. The molecule has 2 aromatic carbocycles. The molecule has 0 saturated heterocycles. The highest BCUT2D eigenvalue weighted by molar-refractivity contribution is 5.48. The molecule has 2 N–H and O–H groups in total. The third-order valence-electron chi connectivity index (χ3n) is 3.10. The van der Waals surface area contributed by atoms with Crippen LogP contribution in [0.4, 0.5) is 5.69 Å². The largest absolute Gasteiger partial charge is 0.398 e. The lowest BCUT2D eigenvalue weighted by Crippen LogP contribution is -1.95. The van der Waals surface area contributed by atoms with Gasteiger partial charge in [0.25, 0.3) is 0 Å². The first-order valence-electron chi connectivity index (χ1n) is 6.09. The van der Waals surface area contributed by atoms with Crippen molar-refractivity contribution in [2.75, 3.05) is 5.73 Å². The van der Waals surface area contributed by atoms with Crippen molar-refractivity contribution in [2.45, 2.75) is 26.2 Å². The lowest BCUT2D eigenvalue weighted by atomic mass is 9.98. The first kappa shape index (κ1) is 11.7. The normalized spacial score (nSPS) is 10.8. The molecule has 0 atom stereocenters. The van der Waals surface area contributed by atoms with Crippen LogP contribution in [0.2, 0.25) is 0 Å². The van der Waals surface area contributed by atoms with Crippen molar-refractivity contribution in [3.8, 4) is 0 Å². The van der Waals surface area contributed by atoms with E-state index in [4.69, 9.17) is 5.73 Å². The van der Waals surface area contributed by atoms with Gasteiger partial charge in [0.15, 0.2) is 0 Å². The first-order valence-corrected chi connectivity index (χ1v) is 6.09. The zero-order chi connectivity index (χ0) is 12.3. The molecule has 2 aromatic rings. The highest BCUT2D eigenvalue weighted by atomic mass is 14.6. The number of nitrogens with two attached hydrogens (primary N) is 1. The van der Waals surface area contributed by atoms with Gasteiger partial charge in [-0.3, -0.25) is 0 Å². The van der Waals surface area contributed by atoms with E-state index < -0.39 is 0 Å². The molecule has 2 rings (SSSR count). The minimum absolute atomic E-state index is 0.589. The van der Waals surface area contributed by atoms with Crippen molar-refractivity contribution >= 4 is 5.69 Å². The van der Waals surface area contributed by atoms with Gasteiger partial charge in [0, 0.05) is 5.69 Å². The Labute approximate surface area is 103 Å². The highest BCUT2D eigenvalue weighted by Gasteiger charge is 2.02. The number of nitrogen functional groups attached to an aromatic ring is 1. The number of anilines is 1. The second kappa shape index (κ2) is 5.05. The fourth-order valence-corrected chi connectivity index (χ4v) is 1.94. The minimum atomic E-state index is 0.589. The number of hydrogen-bond acceptors (Lipinski definition) is 1. The third kappa shape index (κ3) is 2.88. The summed E-state index contributed by atoms with van der Waals surface area (Å²) in [5.41, 5.74) is 10.7. The maximum atomic E-state index is 5.95. The monoisotopic (exact) mass is 225 g/mol. The van der Waals surface area contributed by atoms with Gasteiger partial charge in [-0.2, -0.15) is 0 Å². The molecule has 0 spiro atoms. The molecule has 0 unspecified atom stereocenters. The summed E-state index contributed by atoms with van der Waals surface area (Å²) in [6, 6.07) is 16.9. The Kier molecular flexibility index (Phi) is 3.48. The Morgan fingerprint density at radius 2 is 1.59 bits per heavy atom. The smallest absolute Gasteiger partial charge is 0.0349 e. The minimum Gasteiger partial charge on any atom is -0.398 e. The molecule has 1 nitrogen and oxygen atoms in total. The van der Waals surface area contributed by atoms with Crippen LogP contribution in [0.1, 0.15) is 36.5 Å². The summed E-state index contributed by atoms with van der Waals surface area (Å²) in [7, 11) is 0. The second-order valence-corrected chi connectivity index (χ2v) is 4.77. The SMILES string of the molecule is CC(C)c1ccc(Cc2ccccc2N)cc1. The molecule has 17 heavy (non-hydrogen) atoms. The summed E-state index contributed by atoms with van der Waals surface area (Å²) < 4.78 is 0. The van der Waals surface area contributed by atoms with Crippen LogP contribution in [0.5, 0.6) is 0 Å². The molecule has 1 heteroatoms. The van der Waals surface area contributed by atoms with Crippen LogP contribution in [-0.2, 0) is 6.42 Å². The van der Waals surface area contributed by atoms with Gasteiger partial charge < -0.3 is 5.73 Å². The molecule has 0 saturated carbocycles. The van der Waals surface area contributed by atoms with Crippen molar-refractivity contribution in [1.82, 2.24) is 0 Å². The molecule has 0 heterocycles. The summed E-state index contributed by atoms with van der Waals surface area (Å²) in [6.45, 7) is 4.42. The quantitative estimate of drug-likeness (QED) is 0.785. The van der Waals surface area contributed by atoms with E-state index in [2.05, 4.69) is 44.2 Å². The van der Waals surface area contributed by atoms with Crippen LogP contribution in [0, 0.1) is 0 Å². The number of para-hydroxylation sites is 1. The number of rotatable bonds is 3. The van der Waals surface area contributed by atoms with Crippen molar-refractivity contribution in [3.05, 3.63) is 65.2 Å². The van der Waals surface area contributed by atoms with Crippen LogP contribution in [-0.4, -0.2) is 0 Å².